The summed E-state index contributed by atoms with van der Waals surface area (Å²) in [6, 6.07) is 6.26. The van der Waals surface area contributed by atoms with Gasteiger partial charge in [-0.2, -0.15) is 0 Å². The summed E-state index contributed by atoms with van der Waals surface area (Å²) in [6.45, 7) is 6.51. The van der Waals surface area contributed by atoms with E-state index in [0.29, 0.717) is 6.54 Å². The molecule has 1 atom stereocenters. The van der Waals surface area contributed by atoms with Crippen molar-refractivity contribution in [3.63, 3.8) is 0 Å². The first kappa shape index (κ1) is 15.6. The minimum Gasteiger partial charge on any atom is -0.352 e. The zero-order chi connectivity index (χ0) is 14.3. The standard InChI is InChI=1S/C15H23FN2O/c1-4-14(5-2)18-15(19)11(3)17-10-12-6-8-13(16)9-7-12/h6-9,11,14,17H,4-5,10H2,1-3H3,(H,18,19). The molecule has 1 aromatic rings. The molecule has 0 saturated heterocycles. The summed E-state index contributed by atoms with van der Waals surface area (Å²) in [5.41, 5.74) is 0.962. The molecule has 1 unspecified atom stereocenters. The van der Waals surface area contributed by atoms with Crippen LogP contribution in [0, 0.1) is 5.82 Å². The minimum atomic E-state index is -0.259. The van der Waals surface area contributed by atoms with Crippen LogP contribution in [-0.4, -0.2) is 18.0 Å². The van der Waals surface area contributed by atoms with Crippen molar-refractivity contribution < 1.29 is 9.18 Å². The van der Waals surface area contributed by atoms with Crippen molar-refractivity contribution in [2.24, 2.45) is 0 Å². The Morgan fingerprint density at radius 1 is 1.21 bits per heavy atom. The van der Waals surface area contributed by atoms with Gasteiger partial charge >= 0.3 is 0 Å². The average Bonchev–Trinajstić information content (AvgIpc) is 2.43. The fraction of sp³-hybridized carbons (Fsp3) is 0.533. The van der Waals surface area contributed by atoms with E-state index >= 15 is 0 Å². The van der Waals surface area contributed by atoms with E-state index in [1.165, 1.54) is 12.1 Å². The molecule has 1 aromatic carbocycles. The van der Waals surface area contributed by atoms with E-state index in [2.05, 4.69) is 24.5 Å². The largest absolute Gasteiger partial charge is 0.352 e. The summed E-state index contributed by atoms with van der Waals surface area (Å²) in [6.07, 6.45) is 1.87. The van der Waals surface area contributed by atoms with Crippen LogP contribution in [0.5, 0.6) is 0 Å². The zero-order valence-electron chi connectivity index (χ0n) is 11.9. The third-order valence-corrected chi connectivity index (χ3v) is 3.25. The normalized spacial score (nSPS) is 12.5. The van der Waals surface area contributed by atoms with Gasteiger partial charge in [0.25, 0.3) is 0 Å². The molecule has 2 N–H and O–H groups in total. The van der Waals surface area contributed by atoms with Gasteiger partial charge in [-0.1, -0.05) is 26.0 Å². The van der Waals surface area contributed by atoms with Gasteiger partial charge in [0.2, 0.25) is 5.91 Å². The lowest BCUT2D eigenvalue weighted by atomic mass is 10.1. The lowest BCUT2D eigenvalue weighted by Gasteiger charge is -2.19. The number of halogens is 1. The van der Waals surface area contributed by atoms with E-state index < -0.39 is 0 Å². The lowest BCUT2D eigenvalue weighted by Crippen LogP contribution is -2.45. The van der Waals surface area contributed by atoms with Gasteiger partial charge in [0, 0.05) is 12.6 Å². The van der Waals surface area contributed by atoms with Gasteiger partial charge in [-0.05, 0) is 37.5 Å². The van der Waals surface area contributed by atoms with Gasteiger partial charge < -0.3 is 10.6 Å². The summed E-state index contributed by atoms with van der Waals surface area (Å²) >= 11 is 0. The number of hydrogen-bond donors (Lipinski definition) is 2. The summed E-state index contributed by atoms with van der Waals surface area (Å²) in [5.74, 6) is -0.237. The van der Waals surface area contributed by atoms with Crippen molar-refractivity contribution >= 4 is 5.91 Å². The maximum Gasteiger partial charge on any atom is 0.237 e. The second-order valence-electron chi connectivity index (χ2n) is 4.75. The Kier molecular flexibility index (Phi) is 6.50. The molecular formula is C15H23FN2O. The number of benzene rings is 1. The molecule has 0 saturated carbocycles. The third-order valence-electron chi connectivity index (χ3n) is 3.25. The minimum absolute atomic E-state index is 0.0100. The van der Waals surface area contributed by atoms with Gasteiger partial charge in [0.15, 0.2) is 0 Å². The molecule has 106 valence electrons. The van der Waals surface area contributed by atoms with E-state index in [1.54, 1.807) is 12.1 Å². The number of nitrogens with one attached hydrogen (secondary N) is 2. The highest BCUT2D eigenvalue weighted by atomic mass is 19.1. The number of hydrogen-bond acceptors (Lipinski definition) is 2. The Hall–Kier alpha value is -1.42. The van der Waals surface area contributed by atoms with Crippen LogP contribution in [0.4, 0.5) is 4.39 Å². The topological polar surface area (TPSA) is 41.1 Å². The number of amides is 1. The molecular weight excluding hydrogens is 243 g/mol. The highest BCUT2D eigenvalue weighted by molar-refractivity contribution is 5.81. The van der Waals surface area contributed by atoms with Crippen molar-refractivity contribution in [3.8, 4) is 0 Å². The highest BCUT2D eigenvalue weighted by Crippen LogP contribution is 2.03. The van der Waals surface area contributed by atoms with Crippen molar-refractivity contribution in [2.45, 2.75) is 52.2 Å². The van der Waals surface area contributed by atoms with Crippen LogP contribution >= 0.6 is 0 Å². The Bertz CT molecular complexity index is 388. The first-order valence-corrected chi connectivity index (χ1v) is 6.85. The van der Waals surface area contributed by atoms with E-state index in [0.717, 1.165) is 18.4 Å². The molecule has 0 heterocycles. The van der Waals surface area contributed by atoms with E-state index in [4.69, 9.17) is 0 Å². The molecule has 1 rings (SSSR count). The maximum absolute atomic E-state index is 12.8. The molecule has 0 aliphatic heterocycles. The fourth-order valence-corrected chi connectivity index (χ4v) is 1.78. The summed E-state index contributed by atoms with van der Waals surface area (Å²) < 4.78 is 12.8. The van der Waals surface area contributed by atoms with Crippen molar-refractivity contribution in [2.75, 3.05) is 0 Å². The van der Waals surface area contributed by atoms with Gasteiger partial charge in [-0.3, -0.25) is 4.79 Å². The summed E-state index contributed by atoms with van der Waals surface area (Å²) in [5, 5.41) is 6.14. The number of carbonyl (C=O) groups is 1. The van der Waals surface area contributed by atoms with E-state index in [1.807, 2.05) is 6.92 Å². The first-order valence-electron chi connectivity index (χ1n) is 6.85. The highest BCUT2D eigenvalue weighted by Gasteiger charge is 2.14. The van der Waals surface area contributed by atoms with Crippen molar-refractivity contribution in [1.82, 2.24) is 10.6 Å². The van der Waals surface area contributed by atoms with Crippen molar-refractivity contribution in [1.29, 1.82) is 0 Å². The predicted octanol–water partition coefficient (Wildman–Crippen LogP) is 2.61. The van der Waals surface area contributed by atoms with Crippen molar-refractivity contribution in [3.05, 3.63) is 35.6 Å². The van der Waals surface area contributed by atoms with Gasteiger partial charge in [0.05, 0.1) is 6.04 Å². The molecule has 0 fully saturated rings. The molecule has 3 nitrogen and oxygen atoms in total. The summed E-state index contributed by atoms with van der Waals surface area (Å²) in [7, 11) is 0. The van der Waals surface area contributed by atoms with Crippen LogP contribution in [0.3, 0.4) is 0 Å². The second-order valence-corrected chi connectivity index (χ2v) is 4.75. The molecule has 0 radical (unpaired) electrons. The quantitative estimate of drug-likeness (QED) is 0.796. The Morgan fingerprint density at radius 3 is 2.32 bits per heavy atom. The molecule has 19 heavy (non-hydrogen) atoms. The van der Waals surface area contributed by atoms with Crippen LogP contribution < -0.4 is 10.6 Å². The Labute approximate surface area is 114 Å². The smallest absolute Gasteiger partial charge is 0.237 e. The molecule has 0 aliphatic carbocycles. The van der Waals surface area contributed by atoms with Crippen LogP contribution in [0.25, 0.3) is 0 Å². The average molecular weight is 266 g/mol. The lowest BCUT2D eigenvalue weighted by molar-refractivity contribution is -0.123. The van der Waals surface area contributed by atoms with Gasteiger partial charge in [-0.15, -0.1) is 0 Å². The van der Waals surface area contributed by atoms with Crippen LogP contribution in [0.15, 0.2) is 24.3 Å². The van der Waals surface area contributed by atoms with Gasteiger partial charge in [-0.25, -0.2) is 4.39 Å². The third kappa shape index (κ3) is 5.39. The first-order chi connectivity index (χ1) is 9.06. The molecule has 0 spiro atoms. The zero-order valence-corrected chi connectivity index (χ0v) is 11.9. The number of rotatable bonds is 7. The van der Waals surface area contributed by atoms with E-state index in [9.17, 15) is 9.18 Å². The number of carbonyl (C=O) groups excluding carboxylic acids is 1. The van der Waals surface area contributed by atoms with Crippen LogP contribution in [0.1, 0.15) is 39.2 Å². The molecule has 0 aliphatic rings. The molecule has 0 bridgehead atoms. The summed E-state index contributed by atoms with van der Waals surface area (Å²) in [4.78, 5) is 11.9. The maximum atomic E-state index is 12.8. The van der Waals surface area contributed by atoms with Crippen LogP contribution in [-0.2, 0) is 11.3 Å². The second kappa shape index (κ2) is 7.89. The molecule has 1 amide bonds. The van der Waals surface area contributed by atoms with Gasteiger partial charge in [0.1, 0.15) is 5.82 Å². The predicted molar refractivity (Wildman–Crippen MR) is 75.2 cm³/mol. The fourth-order valence-electron chi connectivity index (χ4n) is 1.78. The van der Waals surface area contributed by atoms with Crippen LogP contribution in [0.2, 0.25) is 0 Å². The molecule has 4 heteroatoms. The molecule has 0 aromatic heterocycles. The Morgan fingerprint density at radius 2 is 1.79 bits per heavy atom. The van der Waals surface area contributed by atoms with E-state index in [-0.39, 0.29) is 23.8 Å². The Balaban J connectivity index is 2.39. The monoisotopic (exact) mass is 266 g/mol. The SMILES string of the molecule is CCC(CC)NC(=O)C(C)NCc1ccc(F)cc1.